The lowest BCUT2D eigenvalue weighted by Crippen LogP contribution is -1.61. The Bertz CT molecular complexity index is 322. The maximum Gasteiger partial charge on any atom is 0.0960 e. The molecule has 0 spiro atoms. The van der Waals surface area contributed by atoms with Crippen molar-refractivity contribution in [1.29, 1.82) is 0 Å². The van der Waals surface area contributed by atoms with E-state index in [-0.39, 0.29) is 0 Å². The number of thiazole rings is 1. The summed E-state index contributed by atoms with van der Waals surface area (Å²) in [4.78, 5) is 4.00. The second-order valence-electron chi connectivity index (χ2n) is 1.77. The summed E-state index contributed by atoms with van der Waals surface area (Å²) in [7, 11) is 0. The molecule has 0 N–H and O–H groups in total. The van der Waals surface area contributed by atoms with Crippen molar-refractivity contribution in [3.8, 4) is 0 Å². The summed E-state index contributed by atoms with van der Waals surface area (Å²) < 4.78 is 8.32. The van der Waals surface area contributed by atoms with Crippen molar-refractivity contribution in [1.82, 2.24) is 4.98 Å². The van der Waals surface area contributed by atoms with Crippen LogP contribution in [0.15, 0.2) is 29.8 Å². The van der Waals surface area contributed by atoms with Crippen molar-refractivity contribution >= 4 is 21.6 Å². The number of hydrogen-bond acceptors (Lipinski definition) is 2. The van der Waals surface area contributed by atoms with Gasteiger partial charge in [-0.1, -0.05) is 12.1 Å². The highest BCUT2D eigenvalue weighted by Gasteiger charge is 1.89. The van der Waals surface area contributed by atoms with E-state index in [4.69, 9.17) is 1.37 Å². The molecule has 2 heteroatoms. The van der Waals surface area contributed by atoms with Crippen molar-refractivity contribution in [2.45, 2.75) is 0 Å². The number of rotatable bonds is 0. The number of hydrogen-bond donors (Lipinski definition) is 0. The predicted octanol–water partition coefficient (Wildman–Crippen LogP) is 2.30. The Balaban J connectivity index is 2.88. The Morgan fingerprint density at radius 3 is 3.22 bits per heavy atom. The van der Waals surface area contributed by atoms with Crippen molar-refractivity contribution in [2.24, 2.45) is 0 Å². The molecule has 0 atom stereocenters. The quantitative estimate of drug-likeness (QED) is 0.541. The minimum atomic E-state index is 0.390. The summed E-state index contributed by atoms with van der Waals surface area (Å²) in [5, 5.41) is 0. The largest absolute Gasteiger partial charge is 0.245 e. The fourth-order valence-electron chi connectivity index (χ4n) is 0.757. The summed E-state index contributed by atoms with van der Waals surface area (Å²) in [5.41, 5.74) is 1.32. The molecule has 0 bridgehead atoms. The maximum absolute atomic E-state index is 7.23. The minimum absolute atomic E-state index is 0.390. The average Bonchev–Trinajstić information content (AvgIpc) is 2.27. The van der Waals surface area contributed by atoms with Crippen LogP contribution in [0.25, 0.3) is 10.2 Å². The van der Waals surface area contributed by atoms with Gasteiger partial charge in [0.2, 0.25) is 0 Å². The Hall–Kier alpha value is -0.890. The van der Waals surface area contributed by atoms with E-state index in [0.717, 1.165) is 10.2 Å². The number of benzene rings is 1. The normalized spacial score (nSPS) is 11.8. The Labute approximate surface area is 58.4 Å². The van der Waals surface area contributed by atoms with E-state index in [0.29, 0.717) is 5.49 Å². The molecule has 2 rings (SSSR count). The second-order valence-corrected chi connectivity index (χ2v) is 2.60. The summed E-state index contributed by atoms with van der Waals surface area (Å²) in [5.74, 6) is 0. The van der Waals surface area contributed by atoms with Gasteiger partial charge in [0.05, 0.1) is 17.1 Å². The zero-order valence-electron chi connectivity index (χ0n) is 5.66. The topological polar surface area (TPSA) is 12.9 Å². The Morgan fingerprint density at radius 2 is 2.33 bits per heavy atom. The predicted molar refractivity (Wildman–Crippen MR) is 39.6 cm³/mol. The van der Waals surface area contributed by atoms with Crippen molar-refractivity contribution in [2.75, 3.05) is 0 Å². The lowest BCUT2D eigenvalue weighted by atomic mass is 10.3. The van der Waals surface area contributed by atoms with E-state index < -0.39 is 0 Å². The molecule has 0 saturated heterocycles. The van der Waals surface area contributed by atoms with Crippen LogP contribution in [0, 0.1) is 0 Å². The standard InChI is InChI=1S/C7H5NS/c1-2-4-7-6(3-1)8-5-9-7/h1-5H/i5D. The van der Waals surface area contributed by atoms with Crippen molar-refractivity contribution in [3.63, 3.8) is 0 Å². The molecule has 0 aliphatic rings. The van der Waals surface area contributed by atoms with Gasteiger partial charge in [0.25, 0.3) is 0 Å². The molecular formula is C7H5NS. The van der Waals surface area contributed by atoms with Crippen LogP contribution in [-0.2, 0) is 0 Å². The molecule has 1 heterocycles. The zero-order chi connectivity index (χ0) is 6.97. The second kappa shape index (κ2) is 1.81. The number of fused-ring (bicyclic) bond motifs is 1. The van der Waals surface area contributed by atoms with Crippen molar-refractivity contribution < 1.29 is 1.37 Å². The van der Waals surface area contributed by atoms with E-state index in [9.17, 15) is 0 Å². The molecule has 0 radical (unpaired) electrons. The number of para-hydroxylation sites is 1. The van der Waals surface area contributed by atoms with Gasteiger partial charge in [0.15, 0.2) is 0 Å². The van der Waals surface area contributed by atoms with Crippen LogP contribution in [0.1, 0.15) is 1.37 Å². The van der Waals surface area contributed by atoms with Crippen LogP contribution in [0.5, 0.6) is 0 Å². The van der Waals surface area contributed by atoms with Gasteiger partial charge in [-0.25, -0.2) is 4.98 Å². The third kappa shape index (κ3) is 0.715. The highest BCUT2D eigenvalue weighted by molar-refractivity contribution is 7.16. The molecule has 0 amide bonds. The van der Waals surface area contributed by atoms with Crippen LogP contribution < -0.4 is 0 Å². The third-order valence-electron chi connectivity index (χ3n) is 1.19. The molecular weight excluding hydrogens is 130 g/mol. The van der Waals surface area contributed by atoms with Gasteiger partial charge in [-0.2, -0.15) is 0 Å². The highest BCUT2D eigenvalue weighted by atomic mass is 32.1. The molecule has 0 aliphatic carbocycles. The van der Waals surface area contributed by atoms with E-state index >= 15 is 0 Å². The van der Waals surface area contributed by atoms with Gasteiger partial charge >= 0.3 is 0 Å². The number of nitrogens with zero attached hydrogens (tertiary/aromatic N) is 1. The van der Waals surface area contributed by atoms with Crippen LogP contribution in [-0.4, -0.2) is 4.98 Å². The molecule has 0 saturated carbocycles. The molecule has 44 valence electrons. The van der Waals surface area contributed by atoms with Crippen LogP contribution in [0.2, 0.25) is 0 Å². The molecule has 0 unspecified atom stereocenters. The summed E-state index contributed by atoms with van der Waals surface area (Å²) in [6.45, 7) is 0. The highest BCUT2D eigenvalue weighted by Crippen LogP contribution is 2.15. The SMILES string of the molecule is [2H]c1nc2ccccc2s1. The first-order chi connectivity index (χ1) is 4.86. The number of aromatic nitrogens is 1. The molecule has 1 nitrogen and oxygen atoms in total. The molecule has 9 heavy (non-hydrogen) atoms. The van der Waals surface area contributed by atoms with Crippen molar-refractivity contribution in [3.05, 3.63) is 29.8 Å². The van der Waals surface area contributed by atoms with E-state index in [1.807, 2.05) is 24.3 Å². The first-order valence-corrected chi connectivity index (χ1v) is 3.50. The third-order valence-corrected chi connectivity index (χ3v) is 1.93. The first-order valence-electron chi connectivity index (χ1n) is 3.18. The molecule has 2 aromatic rings. The summed E-state index contributed by atoms with van der Waals surface area (Å²) >= 11 is 1.41. The molecule has 0 fully saturated rings. The molecule has 0 aliphatic heterocycles. The molecule has 1 aromatic heterocycles. The van der Waals surface area contributed by atoms with Gasteiger partial charge < -0.3 is 0 Å². The van der Waals surface area contributed by atoms with Gasteiger partial charge in [0.1, 0.15) is 0 Å². The fraction of sp³-hybridized carbons (Fsp3) is 0. The van der Waals surface area contributed by atoms with Gasteiger partial charge in [0, 0.05) is 0 Å². The van der Waals surface area contributed by atoms with Crippen LogP contribution in [0.3, 0.4) is 0 Å². The minimum Gasteiger partial charge on any atom is -0.245 e. The van der Waals surface area contributed by atoms with Gasteiger partial charge in [-0.15, -0.1) is 11.3 Å². The monoisotopic (exact) mass is 136 g/mol. The summed E-state index contributed by atoms with van der Waals surface area (Å²) in [6, 6.07) is 7.79. The lowest BCUT2D eigenvalue weighted by molar-refractivity contribution is 1.50. The first kappa shape index (κ1) is 4.01. The Kier molecular flexibility index (Phi) is 0.807. The van der Waals surface area contributed by atoms with E-state index in [2.05, 4.69) is 4.98 Å². The van der Waals surface area contributed by atoms with Crippen LogP contribution >= 0.6 is 11.3 Å². The molecule has 1 aromatic carbocycles. The van der Waals surface area contributed by atoms with Gasteiger partial charge in [-0.3, -0.25) is 0 Å². The van der Waals surface area contributed by atoms with E-state index in [1.54, 1.807) is 0 Å². The smallest absolute Gasteiger partial charge is 0.0960 e. The van der Waals surface area contributed by atoms with Gasteiger partial charge in [-0.05, 0) is 12.1 Å². The average molecular weight is 136 g/mol. The zero-order valence-corrected chi connectivity index (χ0v) is 5.48. The van der Waals surface area contributed by atoms with E-state index in [1.165, 1.54) is 11.3 Å². The Morgan fingerprint density at radius 1 is 1.44 bits per heavy atom. The lowest BCUT2D eigenvalue weighted by Gasteiger charge is -1.80. The van der Waals surface area contributed by atoms with Crippen LogP contribution in [0.4, 0.5) is 0 Å². The fourth-order valence-corrected chi connectivity index (χ4v) is 1.36. The summed E-state index contributed by atoms with van der Waals surface area (Å²) in [6.07, 6.45) is 0. The maximum atomic E-state index is 7.23.